The highest BCUT2D eigenvalue weighted by Gasteiger charge is 2.20. The van der Waals surface area contributed by atoms with E-state index >= 15 is 0 Å². The maximum Gasteiger partial charge on any atom is 0.297 e. The minimum atomic E-state index is -0.212. The molecule has 0 aliphatic rings. The Kier molecular flexibility index (Phi) is 7.17. The Labute approximate surface area is 171 Å². The molecule has 0 atom stereocenters. The third kappa shape index (κ3) is 4.91. The van der Waals surface area contributed by atoms with Crippen molar-refractivity contribution in [1.82, 2.24) is 4.57 Å². The number of benzene rings is 2. The highest BCUT2D eigenvalue weighted by atomic mass is 16.5. The van der Waals surface area contributed by atoms with Crippen molar-refractivity contribution in [2.75, 3.05) is 6.61 Å². The summed E-state index contributed by atoms with van der Waals surface area (Å²) < 4.78 is 13.8. The monoisotopic (exact) mass is 395 g/mol. The first-order valence-electron chi connectivity index (χ1n) is 10.3. The van der Waals surface area contributed by atoms with Gasteiger partial charge in [0.15, 0.2) is 5.75 Å². The first kappa shape index (κ1) is 20.8. The number of hydrogen-bond donors (Lipinski definition) is 1. The lowest BCUT2D eigenvalue weighted by molar-refractivity contribution is 0.257. The van der Waals surface area contributed by atoms with Gasteiger partial charge in [0.05, 0.1) is 12.1 Å². The highest BCUT2D eigenvalue weighted by molar-refractivity contribution is 5.89. The molecule has 0 aliphatic heterocycles. The topological polar surface area (TPSA) is 60.7 Å². The number of aromatic hydroxyl groups is 1. The van der Waals surface area contributed by atoms with Gasteiger partial charge in [-0.1, -0.05) is 57.0 Å². The summed E-state index contributed by atoms with van der Waals surface area (Å²) in [6.45, 7) is 5.53. The largest absolute Gasteiger partial charge is 0.508 e. The van der Waals surface area contributed by atoms with E-state index < -0.39 is 0 Å². The number of phenolic OH excluding ortho intramolecular Hbond substituents is 1. The fourth-order valence-electron chi connectivity index (χ4n) is 3.24. The third-order valence-corrected chi connectivity index (χ3v) is 4.87. The Bertz CT molecular complexity index is 995. The maximum atomic E-state index is 13.3. The zero-order valence-corrected chi connectivity index (χ0v) is 17.2. The molecule has 0 saturated carbocycles. The first-order valence-corrected chi connectivity index (χ1v) is 10.3. The molecule has 2 aromatic carbocycles. The molecule has 0 radical (unpaired) electrons. The molecule has 1 N–H and O–H groups in total. The van der Waals surface area contributed by atoms with Crippen LogP contribution in [0.4, 0.5) is 0 Å². The van der Waals surface area contributed by atoms with Crippen LogP contribution in [-0.2, 0) is 13.2 Å². The van der Waals surface area contributed by atoms with Gasteiger partial charge in [0.25, 0.3) is 5.56 Å². The van der Waals surface area contributed by atoms with Crippen LogP contribution in [0, 0.1) is 0 Å². The van der Waals surface area contributed by atoms with E-state index in [1.807, 2.05) is 30.3 Å². The number of hydrogen-bond acceptors (Lipinski definition) is 4. The van der Waals surface area contributed by atoms with Crippen molar-refractivity contribution in [1.29, 1.82) is 0 Å². The van der Waals surface area contributed by atoms with E-state index in [4.69, 9.17) is 9.47 Å². The lowest BCUT2D eigenvalue weighted by Crippen LogP contribution is -2.24. The van der Waals surface area contributed by atoms with Gasteiger partial charge in [0.1, 0.15) is 12.4 Å². The van der Waals surface area contributed by atoms with Crippen LogP contribution in [0.25, 0.3) is 10.9 Å². The second-order valence-electron chi connectivity index (χ2n) is 7.15. The number of fused-ring (bicyclic) bond motifs is 1. The number of phenols is 1. The molecule has 1 aromatic heterocycles. The summed E-state index contributed by atoms with van der Waals surface area (Å²) in [4.78, 5) is 13.3. The van der Waals surface area contributed by atoms with E-state index in [2.05, 4.69) is 13.8 Å². The van der Waals surface area contributed by atoms with Gasteiger partial charge in [-0.05, 0) is 30.5 Å². The second-order valence-corrected chi connectivity index (χ2v) is 7.15. The van der Waals surface area contributed by atoms with Crippen LogP contribution in [-0.4, -0.2) is 16.3 Å². The molecule has 0 saturated heterocycles. The number of ether oxygens (including phenoxy) is 2. The third-order valence-electron chi connectivity index (χ3n) is 4.87. The average Bonchev–Trinajstić information content (AvgIpc) is 2.74. The molecule has 1 heterocycles. The summed E-state index contributed by atoms with van der Waals surface area (Å²) in [6, 6.07) is 14.9. The maximum absolute atomic E-state index is 13.3. The van der Waals surface area contributed by atoms with Crippen LogP contribution in [0.1, 0.15) is 45.1 Å². The predicted octanol–water partition coefficient (Wildman–Crippen LogP) is 5.27. The number of unbranched alkanes of at least 4 members (excludes halogenated alkanes) is 2. The number of pyridine rings is 1. The SMILES string of the molecule is CCCCOc1c(OCc2ccccc2)c2ccc(O)cc2n(CCCC)c1=O. The standard InChI is InChI=1S/C24H29NO4/c1-3-5-14-25-21-16-19(26)12-13-20(21)22(23(24(25)27)28-15-6-4-2)29-17-18-10-8-7-9-11-18/h7-13,16,26H,3-6,14-15,17H2,1-2H3. The normalized spacial score (nSPS) is 11.0. The van der Waals surface area contributed by atoms with Crippen LogP contribution in [0.5, 0.6) is 17.2 Å². The zero-order chi connectivity index (χ0) is 20.6. The van der Waals surface area contributed by atoms with Gasteiger partial charge >= 0.3 is 0 Å². The van der Waals surface area contributed by atoms with E-state index in [-0.39, 0.29) is 17.1 Å². The van der Waals surface area contributed by atoms with Crippen molar-refractivity contribution < 1.29 is 14.6 Å². The Morgan fingerprint density at radius 2 is 1.69 bits per heavy atom. The summed E-state index contributed by atoms with van der Waals surface area (Å²) in [5.74, 6) is 0.817. The van der Waals surface area contributed by atoms with E-state index in [1.54, 1.807) is 22.8 Å². The lowest BCUT2D eigenvalue weighted by atomic mass is 10.1. The summed E-state index contributed by atoms with van der Waals surface area (Å²) in [5, 5.41) is 10.8. The Hall–Kier alpha value is -2.95. The molecule has 5 nitrogen and oxygen atoms in total. The summed E-state index contributed by atoms with van der Waals surface area (Å²) in [5.41, 5.74) is 1.46. The quantitative estimate of drug-likeness (QED) is 0.475. The molecule has 154 valence electrons. The number of rotatable bonds is 10. The van der Waals surface area contributed by atoms with Crippen LogP contribution in [0.15, 0.2) is 53.3 Å². The van der Waals surface area contributed by atoms with Gasteiger partial charge < -0.3 is 19.1 Å². The Balaban J connectivity index is 2.11. The molecule has 0 unspecified atom stereocenters. The molecule has 0 aliphatic carbocycles. The molecule has 5 heteroatoms. The number of nitrogens with zero attached hydrogens (tertiary/aromatic N) is 1. The summed E-state index contributed by atoms with van der Waals surface area (Å²) in [7, 11) is 0. The highest BCUT2D eigenvalue weighted by Crippen LogP contribution is 2.35. The smallest absolute Gasteiger partial charge is 0.297 e. The van der Waals surface area contributed by atoms with Crippen molar-refractivity contribution >= 4 is 10.9 Å². The van der Waals surface area contributed by atoms with E-state index in [1.165, 1.54) is 0 Å². The molecule has 29 heavy (non-hydrogen) atoms. The Morgan fingerprint density at radius 1 is 0.931 bits per heavy atom. The predicted molar refractivity (Wildman–Crippen MR) is 116 cm³/mol. The summed E-state index contributed by atoms with van der Waals surface area (Å²) >= 11 is 0. The number of aryl methyl sites for hydroxylation is 1. The molecule has 0 amide bonds. The van der Waals surface area contributed by atoms with Crippen LogP contribution in [0.3, 0.4) is 0 Å². The molecule has 0 bridgehead atoms. The van der Waals surface area contributed by atoms with E-state index in [9.17, 15) is 9.90 Å². The van der Waals surface area contributed by atoms with Gasteiger partial charge in [-0.15, -0.1) is 0 Å². The van der Waals surface area contributed by atoms with Gasteiger partial charge in [-0.3, -0.25) is 4.79 Å². The molecule has 0 spiro atoms. The first-order chi connectivity index (χ1) is 14.2. The van der Waals surface area contributed by atoms with Crippen molar-refractivity contribution in [2.45, 2.75) is 52.7 Å². The van der Waals surface area contributed by atoms with Gasteiger partial charge in [0.2, 0.25) is 5.75 Å². The van der Waals surface area contributed by atoms with Crippen LogP contribution >= 0.6 is 0 Å². The molecule has 0 fully saturated rings. The van der Waals surface area contributed by atoms with Gasteiger partial charge in [-0.25, -0.2) is 0 Å². The van der Waals surface area contributed by atoms with Crippen LogP contribution in [0.2, 0.25) is 0 Å². The molecular weight excluding hydrogens is 366 g/mol. The van der Waals surface area contributed by atoms with E-state index in [0.29, 0.717) is 31.0 Å². The minimum Gasteiger partial charge on any atom is -0.508 e. The van der Waals surface area contributed by atoms with Crippen molar-refractivity contribution in [3.8, 4) is 17.2 Å². The van der Waals surface area contributed by atoms with Crippen molar-refractivity contribution in [3.63, 3.8) is 0 Å². The summed E-state index contributed by atoms with van der Waals surface area (Å²) in [6.07, 6.45) is 3.67. The fraction of sp³-hybridized carbons (Fsp3) is 0.375. The van der Waals surface area contributed by atoms with Crippen molar-refractivity contribution in [3.05, 3.63) is 64.4 Å². The molecule has 3 rings (SSSR count). The minimum absolute atomic E-state index is 0.121. The molecule has 3 aromatic rings. The van der Waals surface area contributed by atoms with Gasteiger partial charge in [-0.2, -0.15) is 0 Å². The molecular formula is C24H29NO4. The lowest BCUT2D eigenvalue weighted by Gasteiger charge is -2.19. The number of aromatic nitrogens is 1. The van der Waals surface area contributed by atoms with Gasteiger partial charge in [0, 0.05) is 18.0 Å². The average molecular weight is 395 g/mol. The van der Waals surface area contributed by atoms with Crippen molar-refractivity contribution in [2.24, 2.45) is 0 Å². The Morgan fingerprint density at radius 3 is 2.41 bits per heavy atom. The zero-order valence-electron chi connectivity index (χ0n) is 17.2. The van der Waals surface area contributed by atoms with E-state index in [0.717, 1.165) is 36.6 Å². The fourth-order valence-corrected chi connectivity index (χ4v) is 3.24. The van der Waals surface area contributed by atoms with Crippen LogP contribution < -0.4 is 15.0 Å². The second kappa shape index (κ2) is 10.0.